The van der Waals surface area contributed by atoms with Crippen molar-refractivity contribution >= 4 is 21.7 Å². The summed E-state index contributed by atoms with van der Waals surface area (Å²) in [4.78, 5) is 0. The molecule has 0 amide bonds. The lowest BCUT2D eigenvalue weighted by molar-refractivity contribution is -0.614. The van der Waals surface area contributed by atoms with Crippen LogP contribution in [0.4, 0.5) is 0 Å². The van der Waals surface area contributed by atoms with Gasteiger partial charge in [0, 0.05) is 42.6 Å². The van der Waals surface area contributed by atoms with Gasteiger partial charge in [-0.05, 0) is 49.6 Å². The molecule has 1 aromatic carbocycles. The standard InChI is InChI=1S/C20H23N3O3/c24-22-13-17-11-19-16(12-21-23(19)20-3-1-2-6-26-20)9-15(17)10-18(22)14-4-7-25-8-5-14/h9-14,20H,1-8H2. The quantitative estimate of drug-likeness (QED) is 0.523. The Labute approximate surface area is 151 Å². The van der Waals surface area contributed by atoms with Crippen molar-refractivity contribution in [2.24, 2.45) is 0 Å². The minimum absolute atomic E-state index is 0.000382. The molecule has 0 saturated carbocycles. The third-order valence-electron chi connectivity index (χ3n) is 5.68. The average molecular weight is 353 g/mol. The van der Waals surface area contributed by atoms with Crippen molar-refractivity contribution in [2.45, 2.75) is 44.2 Å². The highest BCUT2D eigenvalue weighted by Gasteiger charge is 2.24. The molecule has 3 aromatic rings. The molecule has 1 unspecified atom stereocenters. The highest BCUT2D eigenvalue weighted by Crippen LogP contribution is 2.31. The summed E-state index contributed by atoms with van der Waals surface area (Å²) < 4.78 is 14.3. The zero-order chi connectivity index (χ0) is 17.5. The fourth-order valence-electron chi connectivity index (χ4n) is 4.23. The van der Waals surface area contributed by atoms with E-state index in [0.29, 0.717) is 0 Å². The van der Waals surface area contributed by atoms with Crippen molar-refractivity contribution in [2.75, 3.05) is 19.8 Å². The molecule has 2 aliphatic rings. The van der Waals surface area contributed by atoms with Crippen LogP contribution >= 0.6 is 0 Å². The largest absolute Gasteiger partial charge is 0.618 e. The van der Waals surface area contributed by atoms with Crippen molar-refractivity contribution in [1.82, 2.24) is 9.78 Å². The molecule has 1 atom stereocenters. The van der Waals surface area contributed by atoms with Gasteiger partial charge in [0.2, 0.25) is 0 Å². The Balaban J connectivity index is 1.58. The fraction of sp³-hybridized carbons (Fsp3) is 0.500. The highest BCUT2D eigenvalue weighted by molar-refractivity contribution is 5.96. The molecule has 2 saturated heterocycles. The maximum Gasteiger partial charge on any atom is 0.196 e. The van der Waals surface area contributed by atoms with Crippen molar-refractivity contribution in [3.05, 3.63) is 41.5 Å². The smallest absolute Gasteiger partial charge is 0.196 e. The molecule has 2 aliphatic heterocycles. The summed E-state index contributed by atoms with van der Waals surface area (Å²) in [5.41, 5.74) is 1.88. The van der Waals surface area contributed by atoms with Gasteiger partial charge in [-0.1, -0.05) is 0 Å². The first-order valence-electron chi connectivity index (χ1n) is 9.53. The Bertz CT molecular complexity index is 940. The van der Waals surface area contributed by atoms with Crippen LogP contribution in [0.25, 0.3) is 21.7 Å². The molecule has 6 nitrogen and oxygen atoms in total. The second kappa shape index (κ2) is 6.52. The second-order valence-corrected chi connectivity index (χ2v) is 7.36. The summed E-state index contributed by atoms with van der Waals surface area (Å²) in [5.74, 6) is 0.278. The van der Waals surface area contributed by atoms with Crippen LogP contribution in [0.3, 0.4) is 0 Å². The van der Waals surface area contributed by atoms with E-state index in [0.717, 1.165) is 84.0 Å². The van der Waals surface area contributed by atoms with Crippen LogP contribution in [0.5, 0.6) is 0 Å². The highest BCUT2D eigenvalue weighted by atomic mass is 16.5. The number of aromatic nitrogens is 3. The van der Waals surface area contributed by atoms with E-state index in [-0.39, 0.29) is 12.1 Å². The lowest BCUT2D eigenvalue weighted by Gasteiger charge is -2.23. The Kier molecular flexibility index (Phi) is 4.02. The van der Waals surface area contributed by atoms with Gasteiger partial charge in [0.1, 0.15) is 0 Å². The normalized spacial score (nSPS) is 22.2. The summed E-state index contributed by atoms with van der Waals surface area (Å²) in [7, 11) is 0. The topological polar surface area (TPSA) is 63.2 Å². The van der Waals surface area contributed by atoms with Crippen LogP contribution in [0.1, 0.15) is 49.9 Å². The summed E-state index contributed by atoms with van der Waals surface area (Å²) in [6.07, 6.45) is 8.69. The molecule has 136 valence electrons. The van der Waals surface area contributed by atoms with Crippen molar-refractivity contribution in [3.63, 3.8) is 0 Å². The van der Waals surface area contributed by atoms with Crippen molar-refractivity contribution in [3.8, 4) is 0 Å². The van der Waals surface area contributed by atoms with E-state index in [1.54, 1.807) is 6.20 Å². The van der Waals surface area contributed by atoms with E-state index >= 15 is 0 Å². The van der Waals surface area contributed by atoms with E-state index in [2.05, 4.69) is 17.2 Å². The molecule has 26 heavy (non-hydrogen) atoms. The third-order valence-corrected chi connectivity index (χ3v) is 5.68. The second-order valence-electron chi connectivity index (χ2n) is 7.36. The molecule has 6 heteroatoms. The molecule has 0 aliphatic carbocycles. The monoisotopic (exact) mass is 353 g/mol. The molecule has 2 aromatic heterocycles. The molecule has 5 rings (SSSR count). The molecule has 0 N–H and O–H groups in total. The van der Waals surface area contributed by atoms with Gasteiger partial charge >= 0.3 is 0 Å². The predicted octanol–water partition coefficient (Wildman–Crippen LogP) is 3.42. The zero-order valence-corrected chi connectivity index (χ0v) is 14.8. The predicted molar refractivity (Wildman–Crippen MR) is 97.8 cm³/mol. The number of pyridine rings is 1. The Morgan fingerprint density at radius 1 is 1.00 bits per heavy atom. The van der Waals surface area contributed by atoms with Gasteiger partial charge in [0.15, 0.2) is 18.1 Å². The zero-order valence-electron chi connectivity index (χ0n) is 14.8. The number of nitrogens with zero attached hydrogens (tertiary/aromatic N) is 3. The van der Waals surface area contributed by atoms with Gasteiger partial charge in [-0.25, -0.2) is 4.68 Å². The summed E-state index contributed by atoms with van der Waals surface area (Å²) in [5, 5.41) is 20.3. The molecular weight excluding hydrogens is 330 g/mol. The van der Waals surface area contributed by atoms with E-state index < -0.39 is 0 Å². The van der Waals surface area contributed by atoms with Gasteiger partial charge in [-0.3, -0.25) is 0 Å². The first-order chi connectivity index (χ1) is 12.8. The van der Waals surface area contributed by atoms with Gasteiger partial charge in [-0.15, -0.1) is 0 Å². The van der Waals surface area contributed by atoms with Crippen LogP contribution in [0.15, 0.2) is 30.6 Å². The van der Waals surface area contributed by atoms with E-state index in [1.165, 1.54) is 0 Å². The molecule has 2 fully saturated rings. The number of hydrogen-bond donors (Lipinski definition) is 0. The number of ether oxygens (including phenoxy) is 2. The van der Waals surface area contributed by atoms with Gasteiger partial charge in [0.25, 0.3) is 0 Å². The maximum atomic E-state index is 12.6. The summed E-state index contributed by atoms with van der Waals surface area (Å²) in [6.45, 7) is 2.25. The van der Waals surface area contributed by atoms with Crippen molar-refractivity contribution in [1.29, 1.82) is 0 Å². The molecule has 0 spiro atoms. The minimum atomic E-state index is -0.000382. The van der Waals surface area contributed by atoms with Crippen LogP contribution in [0, 0.1) is 5.21 Å². The van der Waals surface area contributed by atoms with Crippen LogP contribution in [-0.2, 0) is 9.47 Å². The van der Waals surface area contributed by atoms with Crippen LogP contribution < -0.4 is 4.73 Å². The summed E-state index contributed by atoms with van der Waals surface area (Å²) >= 11 is 0. The van der Waals surface area contributed by atoms with Gasteiger partial charge < -0.3 is 14.7 Å². The van der Waals surface area contributed by atoms with Crippen LogP contribution in [0.2, 0.25) is 0 Å². The SMILES string of the molecule is [O-][n+]1cc2cc3c(cnn3C3CCCCO3)cc2cc1C1CCOCC1. The number of fused-ring (bicyclic) bond motifs is 2. The third kappa shape index (κ3) is 2.73. The van der Waals surface area contributed by atoms with E-state index in [9.17, 15) is 5.21 Å². The van der Waals surface area contributed by atoms with E-state index in [4.69, 9.17) is 9.47 Å². The number of hydrogen-bond acceptors (Lipinski definition) is 4. The van der Waals surface area contributed by atoms with Gasteiger partial charge in [-0.2, -0.15) is 9.83 Å². The lowest BCUT2D eigenvalue weighted by Crippen LogP contribution is -2.34. The Morgan fingerprint density at radius 3 is 2.69 bits per heavy atom. The average Bonchev–Trinajstić information content (AvgIpc) is 3.10. The van der Waals surface area contributed by atoms with Crippen molar-refractivity contribution < 1.29 is 14.2 Å². The lowest BCUT2D eigenvalue weighted by atomic mass is 9.94. The maximum absolute atomic E-state index is 12.6. The molecule has 0 bridgehead atoms. The Morgan fingerprint density at radius 2 is 1.88 bits per heavy atom. The number of benzene rings is 1. The fourth-order valence-corrected chi connectivity index (χ4v) is 4.23. The number of rotatable bonds is 2. The van der Waals surface area contributed by atoms with E-state index in [1.807, 2.05) is 16.9 Å². The summed E-state index contributed by atoms with van der Waals surface area (Å²) in [6, 6.07) is 6.25. The first-order valence-corrected chi connectivity index (χ1v) is 9.53. The first kappa shape index (κ1) is 16.0. The van der Waals surface area contributed by atoms with Gasteiger partial charge in [0.05, 0.1) is 11.7 Å². The molecular formula is C20H23N3O3. The molecule has 4 heterocycles. The minimum Gasteiger partial charge on any atom is -0.618 e. The Hall–Kier alpha value is -2.18. The molecule has 0 radical (unpaired) electrons. The van der Waals surface area contributed by atoms with Crippen LogP contribution in [-0.4, -0.2) is 29.6 Å².